The summed E-state index contributed by atoms with van der Waals surface area (Å²) in [6.45, 7) is 6.38. The van der Waals surface area contributed by atoms with Crippen molar-refractivity contribution in [2.24, 2.45) is 0 Å². The Morgan fingerprint density at radius 1 is 1.42 bits per heavy atom. The molecule has 1 amide bonds. The third kappa shape index (κ3) is 4.21. The lowest BCUT2D eigenvalue weighted by Gasteiger charge is -2.29. The summed E-state index contributed by atoms with van der Waals surface area (Å²) in [6.07, 6.45) is 3.30. The van der Waals surface area contributed by atoms with Crippen LogP contribution in [0.1, 0.15) is 32.9 Å². The minimum Gasteiger partial charge on any atom is -0.490 e. The van der Waals surface area contributed by atoms with E-state index in [1.807, 2.05) is 26.8 Å². The summed E-state index contributed by atoms with van der Waals surface area (Å²) in [7, 11) is 1.38. The van der Waals surface area contributed by atoms with E-state index in [4.69, 9.17) is 9.47 Å². The maximum atomic E-state index is 12.0. The zero-order valence-electron chi connectivity index (χ0n) is 14.2. The summed E-state index contributed by atoms with van der Waals surface area (Å²) in [5, 5.41) is 10.9. The van der Waals surface area contributed by atoms with Gasteiger partial charge in [0.05, 0.1) is 17.7 Å². The molecule has 0 N–H and O–H groups in total. The first-order chi connectivity index (χ1) is 11.2. The van der Waals surface area contributed by atoms with Crippen LogP contribution in [0.3, 0.4) is 0 Å². The van der Waals surface area contributed by atoms with Crippen LogP contribution in [0.15, 0.2) is 18.3 Å². The molecular weight excluding hydrogens is 314 g/mol. The Hall–Kier alpha value is -2.64. The second-order valence-electron chi connectivity index (χ2n) is 6.40. The molecule has 0 aliphatic carbocycles. The summed E-state index contributed by atoms with van der Waals surface area (Å²) < 4.78 is 10.4. The normalized spacial score (nSPS) is 14.8. The third-order valence-corrected chi connectivity index (χ3v) is 3.45. The molecule has 0 unspecified atom stereocenters. The molecule has 1 aromatic heterocycles. The smallest absolute Gasteiger partial charge is 0.410 e. The number of pyridine rings is 1. The van der Waals surface area contributed by atoms with Gasteiger partial charge in [-0.05, 0) is 32.8 Å². The van der Waals surface area contributed by atoms with Crippen LogP contribution in [-0.2, 0) is 4.74 Å². The van der Waals surface area contributed by atoms with Crippen LogP contribution in [0, 0.1) is 10.1 Å². The maximum absolute atomic E-state index is 12.0. The number of amides is 1. The van der Waals surface area contributed by atoms with Gasteiger partial charge in [-0.25, -0.2) is 9.78 Å². The van der Waals surface area contributed by atoms with Crippen molar-refractivity contribution in [3.05, 3.63) is 34.1 Å². The van der Waals surface area contributed by atoms with Gasteiger partial charge in [0.25, 0.3) is 0 Å². The van der Waals surface area contributed by atoms with E-state index >= 15 is 0 Å². The van der Waals surface area contributed by atoms with Gasteiger partial charge in [-0.1, -0.05) is 6.08 Å². The number of hydrogen-bond acceptors (Lipinski definition) is 6. The molecule has 24 heavy (non-hydrogen) atoms. The molecule has 0 atom stereocenters. The molecule has 0 spiro atoms. The van der Waals surface area contributed by atoms with Crippen molar-refractivity contribution in [1.29, 1.82) is 0 Å². The van der Waals surface area contributed by atoms with E-state index in [2.05, 4.69) is 4.98 Å². The van der Waals surface area contributed by atoms with Gasteiger partial charge in [0, 0.05) is 19.2 Å². The SMILES string of the molecule is COc1cc(C2=CCN(C(=O)OC(C)(C)C)CC2)ncc1[N+](=O)[O-]. The number of carbonyl (C=O) groups is 1. The number of carbonyl (C=O) groups excluding carboxylic acids is 1. The molecule has 1 aliphatic heterocycles. The van der Waals surface area contributed by atoms with Gasteiger partial charge in [-0.15, -0.1) is 0 Å². The first-order valence-electron chi connectivity index (χ1n) is 7.57. The molecule has 1 aliphatic rings. The monoisotopic (exact) mass is 335 g/mol. The zero-order chi connectivity index (χ0) is 17.9. The average molecular weight is 335 g/mol. The molecule has 130 valence electrons. The van der Waals surface area contributed by atoms with Gasteiger partial charge in [0.2, 0.25) is 5.75 Å². The Balaban J connectivity index is 2.13. The maximum Gasteiger partial charge on any atom is 0.410 e. The minimum atomic E-state index is -0.533. The van der Waals surface area contributed by atoms with Gasteiger partial charge < -0.3 is 14.4 Å². The number of methoxy groups -OCH3 is 1. The summed E-state index contributed by atoms with van der Waals surface area (Å²) >= 11 is 0. The Kier molecular flexibility index (Phi) is 5.06. The van der Waals surface area contributed by atoms with Gasteiger partial charge in [0.15, 0.2) is 0 Å². The van der Waals surface area contributed by atoms with Crippen molar-refractivity contribution in [2.45, 2.75) is 32.8 Å². The highest BCUT2D eigenvalue weighted by Gasteiger charge is 2.25. The predicted molar refractivity (Wildman–Crippen MR) is 87.8 cm³/mol. The Morgan fingerprint density at radius 2 is 2.12 bits per heavy atom. The van der Waals surface area contributed by atoms with E-state index in [1.165, 1.54) is 13.3 Å². The van der Waals surface area contributed by atoms with E-state index in [0.29, 0.717) is 25.2 Å². The highest BCUT2D eigenvalue weighted by atomic mass is 16.6. The van der Waals surface area contributed by atoms with E-state index in [-0.39, 0.29) is 17.5 Å². The Morgan fingerprint density at radius 3 is 2.62 bits per heavy atom. The average Bonchev–Trinajstić information content (AvgIpc) is 2.52. The predicted octanol–water partition coefficient (Wildman–Crippen LogP) is 3.02. The molecule has 0 radical (unpaired) electrons. The lowest BCUT2D eigenvalue weighted by atomic mass is 10.0. The fourth-order valence-corrected chi connectivity index (χ4v) is 2.30. The van der Waals surface area contributed by atoms with Crippen molar-refractivity contribution < 1.29 is 19.2 Å². The topological polar surface area (TPSA) is 94.8 Å². The summed E-state index contributed by atoms with van der Waals surface area (Å²) in [5.41, 5.74) is 0.825. The molecule has 0 aromatic carbocycles. The molecular formula is C16H21N3O5. The Bertz CT molecular complexity index is 679. The molecule has 8 heteroatoms. The lowest BCUT2D eigenvalue weighted by molar-refractivity contribution is -0.386. The number of aromatic nitrogens is 1. The summed E-state index contributed by atoms with van der Waals surface area (Å²) in [4.78, 5) is 28.2. The number of nitro groups is 1. The van der Waals surface area contributed by atoms with Gasteiger partial charge >= 0.3 is 11.8 Å². The van der Waals surface area contributed by atoms with E-state index < -0.39 is 10.5 Å². The number of ether oxygens (including phenoxy) is 2. The van der Waals surface area contributed by atoms with Crippen LogP contribution < -0.4 is 4.74 Å². The van der Waals surface area contributed by atoms with Crippen LogP contribution in [0.2, 0.25) is 0 Å². The lowest BCUT2D eigenvalue weighted by Crippen LogP contribution is -2.39. The second-order valence-corrected chi connectivity index (χ2v) is 6.40. The largest absolute Gasteiger partial charge is 0.490 e. The molecule has 2 rings (SSSR count). The highest BCUT2D eigenvalue weighted by molar-refractivity contribution is 5.72. The molecule has 1 aromatic rings. The van der Waals surface area contributed by atoms with Crippen molar-refractivity contribution in [1.82, 2.24) is 9.88 Å². The molecule has 0 bridgehead atoms. The summed E-state index contributed by atoms with van der Waals surface area (Å²) in [6, 6.07) is 1.55. The number of rotatable bonds is 3. The standard InChI is InChI=1S/C16H21N3O5/c1-16(2,3)24-15(20)18-7-5-11(6-8-18)12-9-14(23-4)13(10-17-12)19(21)22/h5,9-10H,6-8H2,1-4H3. The first kappa shape index (κ1) is 17.7. The van der Waals surface area contributed by atoms with Crippen molar-refractivity contribution in [2.75, 3.05) is 20.2 Å². The molecule has 0 fully saturated rings. The minimum absolute atomic E-state index is 0.167. The highest BCUT2D eigenvalue weighted by Crippen LogP contribution is 2.30. The second kappa shape index (κ2) is 6.86. The van der Waals surface area contributed by atoms with E-state index in [0.717, 1.165) is 5.57 Å². The van der Waals surface area contributed by atoms with E-state index in [1.54, 1.807) is 11.0 Å². The molecule has 8 nitrogen and oxygen atoms in total. The molecule has 2 heterocycles. The van der Waals surface area contributed by atoms with Crippen molar-refractivity contribution >= 4 is 17.4 Å². The quantitative estimate of drug-likeness (QED) is 0.622. The van der Waals surface area contributed by atoms with Gasteiger partial charge in [-0.3, -0.25) is 10.1 Å². The summed E-state index contributed by atoms with van der Waals surface area (Å²) in [5.74, 6) is 0.167. The van der Waals surface area contributed by atoms with Crippen LogP contribution >= 0.6 is 0 Å². The third-order valence-electron chi connectivity index (χ3n) is 3.45. The van der Waals surface area contributed by atoms with Gasteiger partial charge in [-0.2, -0.15) is 0 Å². The van der Waals surface area contributed by atoms with Crippen LogP contribution in [0.25, 0.3) is 5.57 Å². The van der Waals surface area contributed by atoms with E-state index in [9.17, 15) is 14.9 Å². The van der Waals surface area contributed by atoms with Crippen molar-refractivity contribution in [3.8, 4) is 5.75 Å². The van der Waals surface area contributed by atoms with Crippen molar-refractivity contribution in [3.63, 3.8) is 0 Å². The van der Waals surface area contributed by atoms with Crippen LogP contribution in [0.4, 0.5) is 10.5 Å². The number of nitrogens with zero attached hydrogens (tertiary/aromatic N) is 3. The molecule has 0 saturated carbocycles. The van der Waals surface area contributed by atoms with Gasteiger partial charge in [0.1, 0.15) is 11.8 Å². The zero-order valence-corrected chi connectivity index (χ0v) is 14.2. The molecule has 0 saturated heterocycles. The fraction of sp³-hybridized carbons (Fsp3) is 0.500. The first-order valence-corrected chi connectivity index (χ1v) is 7.57. The van der Waals surface area contributed by atoms with Crippen LogP contribution in [0.5, 0.6) is 5.75 Å². The fourth-order valence-electron chi connectivity index (χ4n) is 2.30. The number of hydrogen-bond donors (Lipinski definition) is 0. The Labute approximate surface area is 140 Å². The van der Waals surface area contributed by atoms with Crippen LogP contribution in [-0.4, -0.2) is 46.7 Å².